The van der Waals surface area contributed by atoms with E-state index in [9.17, 15) is 0 Å². The van der Waals surface area contributed by atoms with Gasteiger partial charge in [0.15, 0.2) is 0 Å². The highest BCUT2D eigenvalue weighted by atomic mass is 15.2. The molecule has 0 aromatic carbocycles. The minimum atomic E-state index is 0.289. The van der Waals surface area contributed by atoms with Crippen molar-refractivity contribution in [2.24, 2.45) is 5.73 Å². The zero-order valence-corrected chi connectivity index (χ0v) is 7.56. The maximum absolute atomic E-state index is 5.52. The Kier molecular flexibility index (Phi) is 2.87. The average Bonchev–Trinajstić information content (AvgIpc) is 1.94. The van der Waals surface area contributed by atoms with Crippen LogP contribution >= 0.6 is 0 Å². The summed E-state index contributed by atoms with van der Waals surface area (Å²) in [5.41, 5.74) is 5.81. The van der Waals surface area contributed by atoms with Crippen LogP contribution in [0.25, 0.3) is 0 Å². The van der Waals surface area contributed by atoms with Gasteiger partial charge in [-0.15, -0.1) is 0 Å². The maximum Gasteiger partial charge on any atom is 0.0278 e. The molecule has 0 aliphatic carbocycles. The first-order valence-corrected chi connectivity index (χ1v) is 4.32. The summed E-state index contributed by atoms with van der Waals surface area (Å²) in [7, 11) is 0. The van der Waals surface area contributed by atoms with Crippen LogP contribution in [0, 0.1) is 0 Å². The SMILES string of the molecule is CC1(C)CNCCN1CCN. The van der Waals surface area contributed by atoms with E-state index in [2.05, 4.69) is 24.1 Å². The van der Waals surface area contributed by atoms with Gasteiger partial charge in [-0.3, -0.25) is 4.90 Å². The molecule has 0 spiro atoms. The Morgan fingerprint density at radius 3 is 2.82 bits per heavy atom. The van der Waals surface area contributed by atoms with Gasteiger partial charge in [-0.2, -0.15) is 0 Å². The molecular weight excluding hydrogens is 138 g/mol. The standard InChI is InChI=1S/C8H19N3/c1-8(2)7-10-4-6-11(8)5-3-9/h10H,3-7,9H2,1-2H3. The van der Waals surface area contributed by atoms with Gasteiger partial charge in [0, 0.05) is 38.3 Å². The second-order valence-electron chi connectivity index (χ2n) is 3.76. The lowest BCUT2D eigenvalue weighted by atomic mass is 10.0. The summed E-state index contributed by atoms with van der Waals surface area (Å²) in [5, 5.41) is 3.38. The van der Waals surface area contributed by atoms with Gasteiger partial charge in [-0.1, -0.05) is 0 Å². The number of nitrogens with two attached hydrogens (primary N) is 1. The minimum absolute atomic E-state index is 0.289. The van der Waals surface area contributed by atoms with Crippen molar-refractivity contribution in [2.45, 2.75) is 19.4 Å². The van der Waals surface area contributed by atoms with Crippen LogP contribution in [-0.4, -0.2) is 43.2 Å². The van der Waals surface area contributed by atoms with Gasteiger partial charge in [-0.25, -0.2) is 0 Å². The summed E-state index contributed by atoms with van der Waals surface area (Å²) < 4.78 is 0. The summed E-state index contributed by atoms with van der Waals surface area (Å²) in [4.78, 5) is 2.45. The van der Waals surface area contributed by atoms with E-state index in [1.54, 1.807) is 0 Å². The van der Waals surface area contributed by atoms with Crippen LogP contribution in [-0.2, 0) is 0 Å². The van der Waals surface area contributed by atoms with Crippen molar-refractivity contribution in [1.29, 1.82) is 0 Å². The maximum atomic E-state index is 5.52. The first-order chi connectivity index (χ1) is 5.17. The van der Waals surface area contributed by atoms with Crippen molar-refractivity contribution in [3.63, 3.8) is 0 Å². The fourth-order valence-electron chi connectivity index (χ4n) is 1.59. The smallest absolute Gasteiger partial charge is 0.0278 e. The van der Waals surface area contributed by atoms with Crippen LogP contribution in [0.2, 0.25) is 0 Å². The van der Waals surface area contributed by atoms with E-state index < -0.39 is 0 Å². The molecule has 3 heteroatoms. The largest absolute Gasteiger partial charge is 0.329 e. The Balaban J connectivity index is 2.45. The molecule has 0 unspecified atom stereocenters. The molecule has 1 aliphatic rings. The summed E-state index contributed by atoms with van der Waals surface area (Å²) in [6, 6.07) is 0. The molecule has 66 valence electrons. The van der Waals surface area contributed by atoms with Crippen LogP contribution in [0.15, 0.2) is 0 Å². The monoisotopic (exact) mass is 157 g/mol. The van der Waals surface area contributed by atoms with Crippen LogP contribution in [0.3, 0.4) is 0 Å². The second-order valence-corrected chi connectivity index (χ2v) is 3.76. The van der Waals surface area contributed by atoms with E-state index in [-0.39, 0.29) is 5.54 Å². The molecule has 1 heterocycles. The molecule has 0 bridgehead atoms. The highest BCUT2D eigenvalue weighted by molar-refractivity contribution is 4.88. The zero-order valence-electron chi connectivity index (χ0n) is 7.56. The van der Waals surface area contributed by atoms with Gasteiger partial charge in [0.25, 0.3) is 0 Å². The summed E-state index contributed by atoms with van der Waals surface area (Å²) >= 11 is 0. The molecule has 0 saturated carbocycles. The molecule has 11 heavy (non-hydrogen) atoms. The third-order valence-electron chi connectivity index (χ3n) is 2.37. The summed E-state index contributed by atoms with van der Waals surface area (Å²) in [5.74, 6) is 0. The normalized spacial score (nSPS) is 25.4. The van der Waals surface area contributed by atoms with E-state index in [0.29, 0.717) is 0 Å². The van der Waals surface area contributed by atoms with Crippen molar-refractivity contribution >= 4 is 0 Å². The second kappa shape index (κ2) is 3.52. The van der Waals surface area contributed by atoms with Crippen molar-refractivity contribution < 1.29 is 0 Å². The quantitative estimate of drug-likeness (QED) is 0.574. The third kappa shape index (κ3) is 2.15. The van der Waals surface area contributed by atoms with Gasteiger partial charge in [0.2, 0.25) is 0 Å². The van der Waals surface area contributed by atoms with E-state index in [1.165, 1.54) is 0 Å². The third-order valence-corrected chi connectivity index (χ3v) is 2.37. The van der Waals surface area contributed by atoms with Crippen molar-refractivity contribution in [3.8, 4) is 0 Å². The van der Waals surface area contributed by atoms with Crippen molar-refractivity contribution in [3.05, 3.63) is 0 Å². The molecular formula is C8H19N3. The average molecular weight is 157 g/mol. The first-order valence-electron chi connectivity index (χ1n) is 4.32. The Hall–Kier alpha value is -0.120. The number of hydrogen-bond donors (Lipinski definition) is 2. The van der Waals surface area contributed by atoms with E-state index >= 15 is 0 Å². The Labute approximate surface area is 68.9 Å². The number of hydrogen-bond acceptors (Lipinski definition) is 3. The van der Waals surface area contributed by atoms with Gasteiger partial charge in [-0.05, 0) is 13.8 Å². The molecule has 1 rings (SSSR count). The predicted octanol–water partition coefficient (Wildman–Crippen LogP) is -0.371. The van der Waals surface area contributed by atoms with E-state index in [4.69, 9.17) is 5.73 Å². The fraction of sp³-hybridized carbons (Fsp3) is 1.00. The lowest BCUT2D eigenvalue weighted by Crippen LogP contribution is -2.58. The fourth-order valence-corrected chi connectivity index (χ4v) is 1.59. The molecule has 0 amide bonds. The van der Waals surface area contributed by atoms with E-state index in [1.807, 2.05) is 0 Å². The van der Waals surface area contributed by atoms with Crippen LogP contribution in [0.1, 0.15) is 13.8 Å². The van der Waals surface area contributed by atoms with Crippen LogP contribution in [0.5, 0.6) is 0 Å². The Morgan fingerprint density at radius 1 is 1.55 bits per heavy atom. The summed E-state index contributed by atoms with van der Waals surface area (Å²) in [6.45, 7) is 9.61. The highest BCUT2D eigenvalue weighted by Gasteiger charge is 2.28. The number of piperazine rings is 1. The Morgan fingerprint density at radius 2 is 2.27 bits per heavy atom. The van der Waals surface area contributed by atoms with Gasteiger partial charge in [0.1, 0.15) is 0 Å². The van der Waals surface area contributed by atoms with Crippen LogP contribution in [0.4, 0.5) is 0 Å². The molecule has 3 nitrogen and oxygen atoms in total. The number of nitrogens with zero attached hydrogens (tertiary/aromatic N) is 1. The molecule has 0 aromatic rings. The van der Waals surface area contributed by atoms with Gasteiger partial charge >= 0.3 is 0 Å². The predicted molar refractivity (Wildman–Crippen MR) is 47.6 cm³/mol. The molecule has 3 N–H and O–H groups in total. The molecule has 0 atom stereocenters. The lowest BCUT2D eigenvalue weighted by molar-refractivity contribution is 0.0944. The molecule has 1 saturated heterocycles. The Bertz CT molecular complexity index is 121. The molecule has 0 aromatic heterocycles. The van der Waals surface area contributed by atoms with Gasteiger partial charge < -0.3 is 11.1 Å². The topological polar surface area (TPSA) is 41.3 Å². The molecule has 0 radical (unpaired) electrons. The lowest BCUT2D eigenvalue weighted by Gasteiger charge is -2.42. The minimum Gasteiger partial charge on any atom is -0.329 e. The van der Waals surface area contributed by atoms with Crippen molar-refractivity contribution in [2.75, 3.05) is 32.7 Å². The first kappa shape index (κ1) is 8.97. The molecule has 1 fully saturated rings. The van der Waals surface area contributed by atoms with Gasteiger partial charge in [0.05, 0.1) is 0 Å². The number of rotatable bonds is 2. The highest BCUT2D eigenvalue weighted by Crippen LogP contribution is 2.14. The molecule has 1 aliphatic heterocycles. The van der Waals surface area contributed by atoms with Crippen molar-refractivity contribution in [1.82, 2.24) is 10.2 Å². The van der Waals surface area contributed by atoms with E-state index in [0.717, 1.165) is 32.7 Å². The summed E-state index contributed by atoms with van der Waals surface area (Å²) in [6.07, 6.45) is 0. The van der Waals surface area contributed by atoms with Crippen LogP contribution < -0.4 is 11.1 Å². The zero-order chi connectivity index (χ0) is 8.32. The number of nitrogens with one attached hydrogen (secondary N) is 1.